The maximum atomic E-state index is 12.9. The molecule has 1 fully saturated rings. The molecule has 2 heterocycles. The van der Waals surface area contributed by atoms with Gasteiger partial charge in [-0.1, -0.05) is 30.3 Å². The van der Waals surface area contributed by atoms with Gasteiger partial charge in [-0.3, -0.25) is 4.79 Å². The fraction of sp³-hybridized carbons (Fsp3) is 0.273. The van der Waals surface area contributed by atoms with Crippen LogP contribution in [0.15, 0.2) is 52.9 Å². The lowest BCUT2D eigenvalue weighted by Crippen LogP contribution is -2.38. The third-order valence-corrected chi connectivity index (χ3v) is 5.10. The van der Waals surface area contributed by atoms with Crippen molar-refractivity contribution in [3.63, 3.8) is 0 Å². The monoisotopic (exact) mass is 394 g/mol. The summed E-state index contributed by atoms with van der Waals surface area (Å²) >= 11 is 0. The van der Waals surface area contributed by atoms with E-state index in [-0.39, 0.29) is 11.9 Å². The molecule has 1 unspecified atom stereocenters. The molecule has 4 rings (SSSR count). The average molecular weight is 394 g/mol. The highest BCUT2D eigenvalue weighted by Gasteiger charge is 2.28. The Balaban J connectivity index is 1.51. The quantitative estimate of drug-likeness (QED) is 0.687. The Bertz CT molecular complexity index is 1040. The van der Waals surface area contributed by atoms with E-state index >= 15 is 0 Å². The molecule has 1 aromatic heterocycles. The Morgan fingerprint density at radius 1 is 1.24 bits per heavy atom. The van der Waals surface area contributed by atoms with Crippen LogP contribution in [-0.2, 0) is 6.61 Å². The molecule has 7 heteroatoms. The van der Waals surface area contributed by atoms with Crippen molar-refractivity contribution >= 4 is 23.0 Å². The molecule has 2 N–H and O–H groups in total. The second-order valence-corrected chi connectivity index (χ2v) is 7.15. The zero-order chi connectivity index (χ0) is 20.4. The van der Waals surface area contributed by atoms with E-state index in [2.05, 4.69) is 5.32 Å². The van der Waals surface area contributed by atoms with Crippen LogP contribution >= 0.6 is 0 Å². The molecule has 1 aliphatic heterocycles. The summed E-state index contributed by atoms with van der Waals surface area (Å²) < 4.78 is 11.6. The number of fused-ring (bicyclic) bond motifs is 1. The van der Waals surface area contributed by atoms with E-state index in [0.717, 1.165) is 5.56 Å². The molecule has 29 heavy (non-hydrogen) atoms. The number of aryl methyl sites for hydroxylation is 1. The third-order valence-electron chi connectivity index (χ3n) is 5.10. The van der Waals surface area contributed by atoms with Crippen molar-refractivity contribution in [3.8, 4) is 5.75 Å². The smallest absolute Gasteiger partial charge is 0.407 e. The minimum absolute atomic E-state index is 0.208. The Hall–Kier alpha value is -3.48. The van der Waals surface area contributed by atoms with E-state index in [0.29, 0.717) is 54.2 Å². The Labute approximate surface area is 167 Å². The molecule has 0 aliphatic carbocycles. The van der Waals surface area contributed by atoms with Gasteiger partial charge in [-0.15, -0.1) is 0 Å². The lowest BCUT2D eigenvalue weighted by Gasteiger charge is -2.14. The number of nitrogens with one attached hydrogen (secondary N) is 1. The number of hydrogen-bond acceptors (Lipinski definition) is 4. The van der Waals surface area contributed by atoms with Crippen molar-refractivity contribution in [3.05, 3.63) is 65.4 Å². The van der Waals surface area contributed by atoms with Crippen molar-refractivity contribution in [2.24, 2.45) is 0 Å². The Morgan fingerprint density at radius 2 is 2.03 bits per heavy atom. The van der Waals surface area contributed by atoms with Gasteiger partial charge in [-0.25, -0.2) is 4.79 Å². The molecule has 0 bridgehead atoms. The standard InChI is InChI=1S/C22H22N2O5/c1-14-20(21(25)23-16-9-10-24(12-16)22(26)27)18-11-17(7-8-19(18)29-14)28-13-15-5-3-2-4-6-15/h2-8,11,16H,9-10,12-13H2,1H3,(H,23,25)(H,26,27). The number of carbonyl (C=O) groups is 2. The zero-order valence-electron chi connectivity index (χ0n) is 16.1. The summed E-state index contributed by atoms with van der Waals surface area (Å²) in [6, 6.07) is 15.1. The van der Waals surface area contributed by atoms with E-state index in [4.69, 9.17) is 14.3 Å². The number of carboxylic acid groups (broad SMARTS) is 1. The first-order chi connectivity index (χ1) is 14.0. The van der Waals surface area contributed by atoms with Gasteiger partial charge >= 0.3 is 6.09 Å². The largest absolute Gasteiger partial charge is 0.489 e. The van der Waals surface area contributed by atoms with Crippen molar-refractivity contribution < 1.29 is 23.8 Å². The molecule has 150 valence electrons. The Morgan fingerprint density at radius 3 is 2.76 bits per heavy atom. The summed E-state index contributed by atoms with van der Waals surface area (Å²) in [5.41, 5.74) is 2.12. The predicted molar refractivity (Wildman–Crippen MR) is 107 cm³/mol. The molecule has 1 saturated heterocycles. The SMILES string of the molecule is Cc1oc2ccc(OCc3ccccc3)cc2c1C(=O)NC1CCN(C(=O)O)C1. The molecule has 3 aromatic rings. The topological polar surface area (TPSA) is 92.0 Å². The van der Waals surface area contributed by atoms with Gasteiger partial charge in [0.1, 0.15) is 23.7 Å². The van der Waals surface area contributed by atoms with E-state index in [1.807, 2.05) is 42.5 Å². The van der Waals surface area contributed by atoms with Crippen LogP contribution < -0.4 is 10.1 Å². The van der Waals surface area contributed by atoms with Crippen LogP contribution in [0.5, 0.6) is 5.75 Å². The van der Waals surface area contributed by atoms with Crippen LogP contribution in [0.25, 0.3) is 11.0 Å². The molecular formula is C22H22N2O5. The summed E-state index contributed by atoms with van der Waals surface area (Å²) in [5, 5.41) is 12.7. The van der Waals surface area contributed by atoms with Crippen molar-refractivity contribution in [2.45, 2.75) is 26.0 Å². The maximum absolute atomic E-state index is 12.9. The lowest BCUT2D eigenvalue weighted by atomic mass is 10.1. The summed E-state index contributed by atoms with van der Waals surface area (Å²) in [6.45, 7) is 2.89. The molecule has 0 saturated carbocycles. The summed E-state index contributed by atoms with van der Waals surface area (Å²) in [6.07, 6.45) is -0.370. The minimum Gasteiger partial charge on any atom is -0.489 e. The highest BCUT2D eigenvalue weighted by Crippen LogP contribution is 2.29. The summed E-state index contributed by atoms with van der Waals surface area (Å²) in [5.74, 6) is 0.901. The van der Waals surface area contributed by atoms with E-state index in [1.54, 1.807) is 13.0 Å². The Kier molecular flexibility index (Phi) is 5.12. The van der Waals surface area contributed by atoms with E-state index in [1.165, 1.54) is 4.90 Å². The second kappa shape index (κ2) is 7.87. The maximum Gasteiger partial charge on any atom is 0.407 e. The number of hydrogen-bond donors (Lipinski definition) is 2. The number of benzene rings is 2. The number of amides is 2. The molecule has 2 amide bonds. The first-order valence-corrected chi connectivity index (χ1v) is 9.50. The number of ether oxygens (including phenoxy) is 1. The van der Waals surface area contributed by atoms with Gasteiger partial charge in [0, 0.05) is 24.5 Å². The van der Waals surface area contributed by atoms with Gasteiger partial charge in [0.15, 0.2) is 0 Å². The fourth-order valence-corrected chi connectivity index (χ4v) is 3.62. The summed E-state index contributed by atoms with van der Waals surface area (Å²) in [4.78, 5) is 25.3. The predicted octanol–water partition coefficient (Wildman–Crippen LogP) is 3.80. The van der Waals surface area contributed by atoms with Gasteiger partial charge < -0.3 is 24.5 Å². The van der Waals surface area contributed by atoms with Crippen LogP contribution in [0, 0.1) is 6.92 Å². The minimum atomic E-state index is -0.966. The molecule has 7 nitrogen and oxygen atoms in total. The van der Waals surface area contributed by atoms with Crippen LogP contribution in [0.4, 0.5) is 4.79 Å². The van der Waals surface area contributed by atoms with Gasteiger partial charge in [0.2, 0.25) is 0 Å². The van der Waals surface area contributed by atoms with Crippen LogP contribution in [-0.4, -0.2) is 41.1 Å². The van der Waals surface area contributed by atoms with Crippen LogP contribution in [0.1, 0.15) is 28.1 Å². The second-order valence-electron chi connectivity index (χ2n) is 7.15. The van der Waals surface area contributed by atoms with E-state index < -0.39 is 6.09 Å². The molecule has 0 spiro atoms. The van der Waals surface area contributed by atoms with Crippen molar-refractivity contribution in [1.29, 1.82) is 0 Å². The van der Waals surface area contributed by atoms with Gasteiger partial charge in [0.05, 0.1) is 5.56 Å². The van der Waals surface area contributed by atoms with Gasteiger partial charge in [-0.2, -0.15) is 0 Å². The fourth-order valence-electron chi connectivity index (χ4n) is 3.62. The van der Waals surface area contributed by atoms with Crippen LogP contribution in [0.3, 0.4) is 0 Å². The third kappa shape index (κ3) is 4.03. The van der Waals surface area contributed by atoms with Gasteiger partial charge in [-0.05, 0) is 37.1 Å². The number of furan rings is 1. The molecule has 2 aromatic carbocycles. The van der Waals surface area contributed by atoms with E-state index in [9.17, 15) is 9.59 Å². The highest BCUT2D eigenvalue weighted by atomic mass is 16.5. The number of likely N-dealkylation sites (tertiary alicyclic amines) is 1. The van der Waals surface area contributed by atoms with Crippen molar-refractivity contribution in [2.75, 3.05) is 13.1 Å². The first-order valence-electron chi connectivity index (χ1n) is 9.50. The number of nitrogens with zero attached hydrogens (tertiary/aromatic N) is 1. The van der Waals surface area contributed by atoms with Crippen LogP contribution in [0.2, 0.25) is 0 Å². The molecule has 1 atom stereocenters. The lowest BCUT2D eigenvalue weighted by molar-refractivity contribution is 0.0935. The number of rotatable bonds is 5. The zero-order valence-corrected chi connectivity index (χ0v) is 16.1. The van der Waals surface area contributed by atoms with Gasteiger partial charge in [0.25, 0.3) is 5.91 Å². The molecule has 1 aliphatic rings. The summed E-state index contributed by atoms with van der Waals surface area (Å²) in [7, 11) is 0. The highest BCUT2D eigenvalue weighted by molar-refractivity contribution is 6.07. The molecule has 0 radical (unpaired) electrons. The number of carbonyl (C=O) groups excluding carboxylic acids is 1. The average Bonchev–Trinajstić information content (AvgIpc) is 3.30. The molecular weight excluding hydrogens is 372 g/mol. The first kappa shape index (κ1) is 18.9. The van der Waals surface area contributed by atoms with Crippen molar-refractivity contribution in [1.82, 2.24) is 10.2 Å². The normalized spacial score (nSPS) is 16.2.